The van der Waals surface area contributed by atoms with Crippen LogP contribution in [-0.4, -0.2) is 66.2 Å². The number of nitrogens with two attached hydrogens (primary N) is 1. The van der Waals surface area contributed by atoms with E-state index in [4.69, 9.17) is 5.73 Å². The summed E-state index contributed by atoms with van der Waals surface area (Å²) in [5, 5.41) is 6.63. The summed E-state index contributed by atoms with van der Waals surface area (Å²) < 4.78 is 0. The quantitative estimate of drug-likeness (QED) is 0.444. The molecule has 0 radical (unpaired) electrons. The molecule has 1 fully saturated rings. The molecule has 2 aromatic heterocycles. The highest BCUT2D eigenvalue weighted by atomic mass is 15.2. The maximum Gasteiger partial charge on any atom is 0.227 e. The largest absolute Gasteiger partial charge is 0.370 e. The number of piperazine rings is 1. The first-order chi connectivity index (χ1) is 15.7. The second kappa shape index (κ2) is 10.9. The maximum atomic E-state index is 5.53. The van der Waals surface area contributed by atoms with Crippen molar-refractivity contribution in [1.29, 1.82) is 0 Å². The number of rotatable bonds is 9. The highest BCUT2D eigenvalue weighted by molar-refractivity contribution is 5.63. The van der Waals surface area contributed by atoms with E-state index in [1.165, 1.54) is 5.69 Å². The van der Waals surface area contributed by atoms with Crippen molar-refractivity contribution in [3.05, 3.63) is 54.9 Å². The van der Waals surface area contributed by atoms with Gasteiger partial charge in [-0.05, 0) is 68.9 Å². The van der Waals surface area contributed by atoms with Gasteiger partial charge in [0.25, 0.3) is 0 Å². The summed E-state index contributed by atoms with van der Waals surface area (Å²) in [5.41, 5.74) is 9.53. The number of hydrogen-bond donors (Lipinski definition) is 3. The summed E-state index contributed by atoms with van der Waals surface area (Å²) in [6, 6.07) is 14.4. The van der Waals surface area contributed by atoms with Crippen LogP contribution in [0.25, 0.3) is 11.3 Å². The van der Waals surface area contributed by atoms with Crippen molar-refractivity contribution in [1.82, 2.24) is 19.9 Å². The Hall–Kier alpha value is -3.23. The van der Waals surface area contributed by atoms with Gasteiger partial charge in [0.2, 0.25) is 5.95 Å². The standard InChI is InChI=1S/C24H32N8/c1-31-14-16-32(17-15-31)21-7-5-20(6-8-21)29-24-27-13-10-22(30-24)19-4-9-23(28-18-19)26-12-3-2-11-25/h4-10,13,18H,2-3,11-12,14-17,25H2,1H3,(H,26,28)(H,27,29,30). The Morgan fingerprint density at radius 2 is 1.75 bits per heavy atom. The monoisotopic (exact) mass is 432 g/mol. The lowest BCUT2D eigenvalue weighted by Gasteiger charge is -2.34. The summed E-state index contributed by atoms with van der Waals surface area (Å²) in [6.07, 6.45) is 5.65. The summed E-state index contributed by atoms with van der Waals surface area (Å²) >= 11 is 0. The second-order valence-corrected chi connectivity index (χ2v) is 8.08. The van der Waals surface area contributed by atoms with Gasteiger partial charge in [0.05, 0.1) is 5.69 Å². The fraction of sp³-hybridized carbons (Fsp3) is 0.375. The molecule has 3 heterocycles. The average Bonchev–Trinajstić information content (AvgIpc) is 2.84. The number of nitrogens with one attached hydrogen (secondary N) is 2. The molecule has 32 heavy (non-hydrogen) atoms. The van der Waals surface area contributed by atoms with Crippen LogP contribution >= 0.6 is 0 Å². The van der Waals surface area contributed by atoms with Gasteiger partial charge in [-0.25, -0.2) is 15.0 Å². The van der Waals surface area contributed by atoms with Crippen molar-refractivity contribution in [3.63, 3.8) is 0 Å². The highest BCUT2D eigenvalue weighted by Gasteiger charge is 2.14. The Balaban J connectivity index is 1.37. The zero-order chi connectivity index (χ0) is 22.2. The minimum Gasteiger partial charge on any atom is -0.370 e. The minimum absolute atomic E-state index is 0.568. The number of pyridine rings is 1. The first-order valence-corrected chi connectivity index (χ1v) is 11.3. The predicted octanol–water partition coefficient (Wildman–Crippen LogP) is 3.18. The summed E-state index contributed by atoms with van der Waals surface area (Å²) in [5.74, 6) is 1.43. The lowest BCUT2D eigenvalue weighted by Crippen LogP contribution is -2.44. The molecule has 3 aromatic rings. The molecule has 168 valence electrons. The molecule has 8 heteroatoms. The van der Waals surface area contributed by atoms with Crippen LogP contribution in [0.15, 0.2) is 54.9 Å². The van der Waals surface area contributed by atoms with Gasteiger partial charge < -0.3 is 26.2 Å². The third-order valence-corrected chi connectivity index (χ3v) is 5.64. The van der Waals surface area contributed by atoms with Crippen LogP contribution in [0.2, 0.25) is 0 Å². The highest BCUT2D eigenvalue weighted by Crippen LogP contribution is 2.23. The van der Waals surface area contributed by atoms with Gasteiger partial charge in [-0.2, -0.15) is 0 Å². The molecule has 0 spiro atoms. The molecule has 1 aliphatic heterocycles. The lowest BCUT2D eigenvalue weighted by atomic mass is 10.2. The molecule has 1 aliphatic rings. The number of likely N-dealkylation sites (N-methyl/N-ethyl adjacent to an activating group) is 1. The van der Waals surface area contributed by atoms with Crippen molar-refractivity contribution in [2.75, 3.05) is 61.8 Å². The molecule has 0 aliphatic carbocycles. The normalized spacial score (nSPS) is 14.4. The van der Waals surface area contributed by atoms with Crippen molar-refractivity contribution < 1.29 is 0 Å². The topological polar surface area (TPSA) is 95.2 Å². The van der Waals surface area contributed by atoms with E-state index in [9.17, 15) is 0 Å². The van der Waals surface area contributed by atoms with E-state index in [-0.39, 0.29) is 0 Å². The Morgan fingerprint density at radius 3 is 2.47 bits per heavy atom. The van der Waals surface area contributed by atoms with E-state index in [0.29, 0.717) is 5.95 Å². The zero-order valence-electron chi connectivity index (χ0n) is 18.7. The smallest absolute Gasteiger partial charge is 0.227 e. The molecule has 0 atom stereocenters. The molecule has 0 unspecified atom stereocenters. The Labute approximate surface area is 189 Å². The van der Waals surface area contributed by atoms with Crippen LogP contribution in [0.4, 0.5) is 23.1 Å². The molecule has 8 nitrogen and oxygen atoms in total. The molecule has 1 aromatic carbocycles. The number of benzene rings is 1. The van der Waals surface area contributed by atoms with Crippen LogP contribution in [0.3, 0.4) is 0 Å². The molecular formula is C24H32N8. The second-order valence-electron chi connectivity index (χ2n) is 8.08. The summed E-state index contributed by atoms with van der Waals surface area (Å²) in [6.45, 7) is 5.91. The van der Waals surface area contributed by atoms with E-state index < -0.39 is 0 Å². The van der Waals surface area contributed by atoms with Crippen molar-refractivity contribution in [2.24, 2.45) is 5.73 Å². The fourth-order valence-corrected chi connectivity index (χ4v) is 3.66. The lowest BCUT2D eigenvalue weighted by molar-refractivity contribution is 0.313. The van der Waals surface area contributed by atoms with E-state index in [0.717, 1.165) is 74.9 Å². The first kappa shape index (κ1) is 22.0. The van der Waals surface area contributed by atoms with E-state index in [1.54, 1.807) is 6.20 Å². The van der Waals surface area contributed by atoms with E-state index >= 15 is 0 Å². The van der Waals surface area contributed by atoms with Crippen LogP contribution < -0.4 is 21.3 Å². The van der Waals surface area contributed by atoms with Gasteiger partial charge >= 0.3 is 0 Å². The number of unbranched alkanes of at least 4 members (excludes halogenated alkanes) is 1. The van der Waals surface area contributed by atoms with Gasteiger partial charge in [-0.15, -0.1) is 0 Å². The van der Waals surface area contributed by atoms with E-state index in [1.807, 2.05) is 24.4 Å². The third-order valence-electron chi connectivity index (χ3n) is 5.64. The van der Waals surface area contributed by atoms with Gasteiger partial charge in [0.15, 0.2) is 0 Å². The molecule has 0 bridgehead atoms. The number of aromatic nitrogens is 3. The molecule has 0 saturated carbocycles. The SMILES string of the molecule is CN1CCN(c2ccc(Nc3nccc(-c4ccc(NCCCCN)nc4)n3)cc2)CC1. The third kappa shape index (κ3) is 5.93. The van der Waals surface area contributed by atoms with Gasteiger partial charge in [-0.1, -0.05) is 0 Å². The zero-order valence-corrected chi connectivity index (χ0v) is 18.7. The Bertz CT molecular complexity index is 966. The fourth-order valence-electron chi connectivity index (χ4n) is 3.66. The molecule has 4 N–H and O–H groups in total. The Kier molecular flexibility index (Phi) is 7.47. The Morgan fingerprint density at radius 1 is 0.938 bits per heavy atom. The van der Waals surface area contributed by atoms with Crippen LogP contribution in [0.1, 0.15) is 12.8 Å². The maximum absolute atomic E-state index is 5.53. The van der Waals surface area contributed by atoms with E-state index in [2.05, 4.69) is 66.7 Å². The number of anilines is 4. The molecule has 0 amide bonds. The molecule has 1 saturated heterocycles. The van der Waals surface area contributed by atoms with Crippen molar-refractivity contribution in [2.45, 2.75) is 12.8 Å². The minimum atomic E-state index is 0.568. The van der Waals surface area contributed by atoms with Crippen molar-refractivity contribution in [3.8, 4) is 11.3 Å². The van der Waals surface area contributed by atoms with Gasteiger partial charge in [0, 0.05) is 62.1 Å². The average molecular weight is 433 g/mol. The number of nitrogens with zero attached hydrogens (tertiary/aromatic N) is 5. The van der Waals surface area contributed by atoms with Crippen LogP contribution in [0.5, 0.6) is 0 Å². The first-order valence-electron chi connectivity index (χ1n) is 11.3. The van der Waals surface area contributed by atoms with Gasteiger partial charge in [-0.3, -0.25) is 0 Å². The molecule has 4 rings (SSSR count). The van der Waals surface area contributed by atoms with Crippen LogP contribution in [0, 0.1) is 0 Å². The predicted molar refractivity (Wildman–Crippen MR) is 131 cm³/mol. The van der Waals surface area contributed by atoms with Crippen molar-refractivity contribution >= 4 is 23.1 Å². The number of hydrogen-bond acceptors (Lipinski definition) is 8. The van der Waals surface area contributed by atoms with Crippen LogP contribution in [-0.2, 0) is 0 Å². The molecular weight excluding hydrogens is 400 g/mol. The summed E-state index contributed by atoms with van der Waals surface area (Å²) in [4.78, 5) is 18.3. The summed E-state index contributed by atoms with van der Waals surface area (Å²) in [7, 11) is 2.17. The van der Waals surface area contributed by atoms with Gasteiger partial charge in [0.1, 0.15) is 5.82 Å².